The maximum atomic E-state index is 12.0. The van der Waals surface area contributed by atoms with E-state index in [4.69, 9.17) is 0 Å². The first kappa shape index (κ1) is 13.5. The summed E-state index contributed by atoms with van der Waals surface area (Å²) in [6, 6.07) is 11.4. The van der Waals surface area contributed by atoms with Crippen LogP contribution in [0.2, 0.25) is 0 Å². The van der Waals surface area contributed by atoms with Gasteiger partial charge in [-0.25, -0.2) is 4.98 Å². The summed E-state index contributed by atoms with van der Waals surface area (Å²) < 4.78 is 0. The molecule has 1 aromatic carbocycles. The summed E-state index contributed by atoms with van der Waals surface area (Å²) in [5.74, 6) is 0.634. The van der Waals surface area contributed by atoms with Crippen molar-refractivity contribution in [1.82, 2.24) is 20.3 Å². The molecule has 0 fully saturated rings. The number of pyridine rings is 1. The predicted octanol–water partition coefficient (Wildman–Crippen LogP) is 2.17. The van der Waals surface area contributed by atoms with Crippen LogP contribution in [0.15, 0.2) is 53.6 Å². The largest absolute Gasteiger partial charge is 0.309 e. The normalized spacial score (nSPS) is 12.4. The molecule has 0 saturated carbocycles. The number of para-hydroxylation sites is 1. The minimum absolute atomic E-state index is 0.105. The number of benzene rings is 1. The number of H-pyrrole nitrogens is 1. The lowest BCUT2D eigenvalue weighted by atomic mass is 10.1. The first-order valence-electron chi connectivity index (χ1n) is 6.85. The monoisotopic (exact) mass is 280 g/mol. The van der Waals surface area contributed by atoms with Crippen LogP contribution in [0, 0.1) is 0 Å². The van der Waals surface area contributed by atoms with Crippen molar-refractivity contribution >= 4 is 10.9 Å². The van der Waals surface area contributed by atoms with Gasteiger partial charge in [0.15, 0.2) is 0 Å². The third-order valence-corrected chi connectivity index (χ3v) is 3.42. The van der Waals surface area contributed by atoms with E-state index in [1.54, 1.807) is 12.3 Å². The van der Waals surface area contributed by atoms with Gasteiger partial charge in [0.25, 0.3) is 5.56 Å². The average Bonchev–Trinajstić information content (AvgIpc) is 2.53. The average molecular weight is 280 g/mol. The lowest BCUT2D eigenvalue weighted by Gasteiger charge is -2.13. The van der Waals surface area contributed by atoms with Crippen molar-refractivity contribution in [2.45, 2.75) is 19.5 Å². The SMILES string of the molecule is C[C@@H](NCc1nc2ccccc2c(=O)[nH]1)c1cccnc1. The quantitative estimate of drug-likeness (QED) is 0.768. The molecule has 0 aliphatic heterocycles. The van der Waals surface area contributed by atoms with Gasteiger partial charge in [-0.15, -0.1) is 0 Å². The molecule has 1 atom stereocenters. The zero-order valence-corrected chi connectivity index (χ0v) is 11.7. The summed E-state index contributed by atoms with van der Waals surface area (Å²) in [5, 5.41) is 3.95. The van der Waals surface area contributed by atoms with E-state index in [0.29, 0.717) is 23.3 Å². The van der Waals surface area contributed by atoms with Crippen LogP contribution in [-0.4, -0.2) is 15.0 Å². The highest BCUT2D eigenvalue weighted by Gasteiger charge is 2.07. The fraction of sp³-hybridized carbons (Fsp3) is 0.188. The number of hydrogen-bond acceptors (Lipinski definition) is 4. The number of rotatable bonds is 4. The van der Waals surface area contributed by atoms with E-state index < -0.39 is 0 Å². The topological polar surface area (TPSA) is 70.7 Å². The van der Waals surface area contributed by atoms with Crippen molar-refractivity contribution in [3.05, 3.63) is 70.5 Å². The van der Waals surface area contributed by atoms with Gasteiger partial charge in [0.1, 0.15) is 5.82 Å². The molecule has 3 aromatic rings. The molecule has 5 nitrogen and oxygen atoms in total. The van der Waals surface area contributed by atoms with Crippen LogP contribution in [0.25, 0.3) is 10.9 Å². The molecular weight excluding hydrogens is 264 g/mol. The van der Waals surface area contributed by atoms with Crippen molar-refractivity contribution in [2.75, 3.05) is 0 Å². The first-order chi connectivity index (χ1) is 10.2. The summed E-state index contributed by atoms with van der Waals surface area (Å²) in [4.78, 5) is 23.4. The highest BCUT2D eigenvalue weighted by Crippen LogP contribution is 2.11. The Morgan fingerprint density at radius 2 is 2.10 bits per heavy atom. The molecule has 5 heteroatoms. The molecule has 0 amide bonds. The highest BCUT2D eigenvalue weighted by molar-refractivity contribution is 5.77. The van der Waals surface area contributed by atoms with Gasteiger partial charge >= 0.3 is 0 Å². The highest BCUT2D eigenvalue weighted by atomic mass is 16.1. The zero-order chi connectivity index (χ0) is 14.7. The molecule has 0 aliphatic rings. The lowest BCUT2D eigenvalue weighted by molar-refractivity contribution is 0.558. The molecule has 106 valence electrons. The number of nitrogens with one attached hydrogen (secondary N) is 2. The number of hydrogen-bond donors (Lipinski definition) is 2. The van der Waals surface area contributed by atoms with E-state index in [1.807, 2.05) is 36.5 Å². The van der Waals surface area contributed by atoms with Crippen LogP contribution in [0.1, 0.15) is 24.4 Å². The van der Waals surface area contributed by atoms with Crippen molar-refractivity contribution in [3.63, 3.8) is 0 Å². The maximum Gasteiger partial charge on any atom is 0.258 e. The van der Waals surface area contributed by atoms with Crippen molar-refractivity contribution in [3.8, 4) is 0 Å². The molecule has 2 heterocycles. The molecule has 0 radical (unpaired) electrons. The molecule has 0 unspecified atom stereocenters. The Kier molecular flexibility index (Phi) is 3.75. The van der Waals surface area contributed by atoms with E-state index in [-0.39, 0.29) is 11.6 Å². The Bertz CT molecular complexity index is 798. The third-order valence-electron chi connectivity index (χ3n) is 3.42. The molecule has 0 spiro atoms. The van der Waals surface area contributed by atoms with Gasteiger partial charge in [0.05, 0.1) is 17.4 Å². The first-order valence-corrected chi connectivity index (χ1v) is 6.85. The van der Waals surface area contributed by atoms with Crippen LogP contribution >= 0.6 is 0 Å². The van der Waals surface area contributed by atoms with Gasteiger partial charge in [-0.3, -0.25) is 9.78 Å². The smallest absolute Gasteiger partial charge is 0.258 e. The summed E-state index contributed by atoms with van der Waals surface area (Å²) in [6.07, 6.45) is 3.58. The second kappa shape index (κ2) is 5.85. The predicted molar refractivity (Wildman–Crippen MR) is 81.9 cm³/mol. The van der Waals surface area contributed by atoms with Crippen LogP contribution in [0.5, 0.6) is 0 Å². The molecule has 0 saturated heterocycles. The summed E-state index contributed by atoms with van der Waals surface area (Å²) in [7, 11) is 0. The molecule has 2 aromatic heterocycles. The third kappa shape index (κ3) is 2.98. The van der Waals surface area contributed by atoms with Gasteiger partial charge in [0.2, 0.25) is 0 Å². The van der Waals surface area contributed by atoms with E-state index in [0.717, 1.165) is 5.56 Å². The fourth-order valence-corrected chi connectivity index (χ4v) is 2.22. The van der Waals surface area contributed by atoms with Gasteiger partial charge < -0.3 is 10.3 Å². The lowest BCUT2D eigenvalue weighted by Crippen LogP contribution is -2.22. The minimum Gasteiger partial charge on any atom is -0.309 e. The van der Waals surface area contributed by atoms with Crippen molar-refractivity contribution < 1.29 is 0 Å². The second-order valence-electron chi connectivity index (χ2n) is 4.92. The Balaban J connectivity index is 1.78. The van der Waals surface area contributed by atoms with Gasteiger partial charge in [-0.1, -0.05) is 18.2 Å². The molecule has 3 rings (SSSR count). The fourth-order valence-electron chi connectivity index (χ4n) is 2.22. The summed E-state index contributed by atoms with van der Waals surface area (Å²) in [5.41, 5.74) is 1.71. The molecule has 0 bridgehead atoms. The Morgan fingerprint density at radius 1 is 1.24 bits per heavy atom. The molecule has 2 N–H and O–H groups in total. The number of fused-ring (bicyclic) bond motifs is 1. The van der Waals surface area contributed by atoms with Gasteiger partial charge in [-0.05, 0) is 30.7 Å². The van der Waals surface area contributed by atoms with Crippen LogP contribution in [-0.2, 0) is 6.54 Å². The minimum atomic E-state index is -0.105. The van der Waals surface area contributed by atoms with E-state index in [1.165, 1.54) is 0 Å². The Morgan fingerprint density at radius 3 is 2.90 bits per heavy atom. The maximum absolute atomic E-state index is 12.0. The van der Waals surface area contributed by atoms with E-state index in [2.05, 4.69) is 27.2 Å². The molecule has 21 heavy (non-hydrogen) atoms. The van der Waals surface area contributed by atoms with Crippen molar-refractivity contribution in [1.29, 1.82) is 0 Å². The molecular formula is C16H16N4O. The van der Waals surface area contributed by atoms with Crippen LogP contribution in [0.3, 0.4) is 0 Å². The summed E-state index contributed by atoms with van der Waals surface area (Å²) >= 11 is 0. The standard InChI is InChI=1S/C16H16N4O/c1-11(12-5-4-8-17-9-12)18-10-15-19-14-7-3-2-6-13(14)16(21)20-15/h2-9,11,18H,10H2,1H3,(H,19,20,21)/t11-/m1/s1. The zero-order valence-electron chi connectivity index (χ0n) is 11.7. The number of aromatic amines is 1. The molecule has 0 aliphatic carbocycles. The Hall–Kier alpha value is -2.53. The van der Waals surface area contributed by atoms with Crippen LogP contribution in [0.4, 0.5) is 0 Å². The van der Waals surface area contributed by atoms with Crippen molar-refractivity contribution in [2.24, 2.45) is 0 Å². The number of aromatic nitrogens is 3. The Labute approximate surface area is 122 Å². The van der Waals surface area contributed by atoms with Gasteiger partial charge in [-0.2, -0.15) is 0 Å². The van der Waals surface area contributed by atoms with Gasteiger partial charge in [0, 0.05) is 18.4 Å². The second-order valence-corrected chi connectivity index (χ2v) is 4.92. The number of nitrogens with zero attached hydrogens (tertiary/aromatic N) is 2. The van der Waals surface area contributed by atoms with E-state index in [9.17, 15) is 4.79 Å². The van der Waals surface area contributed by atoms with Crippen LogP contribution < -0.4 is 10.9 Å². The van der Waals surface area contributed by atoms with E-state index >= 15 is 0 Å². The summed E-state index contributed by atoms with van der Waals surface area (Å²) in [6.45, 7) is 2.55.